The van der Waals surface area contributed by atoms with E-state index in [0.29, 0.717) is 43.5 Å². The summed E-state index contributed by atoms with van der Waals surface area (Å²) in [6.07, 6.45) is 0. The summed E-state index contributed by atoms with van der Waals surface area (Å²) in [7, 11) is 0. The highest BCUT2D eigenvalue weighted by Gasteiger charge is 2.18. The van der Waals surface area contributed by atoms with Crippen LogP contribution in [0.3, 0.4) is 0 Å². The minimum Gasteiger partial charge on any atom is -0.486 e. The number of benzene rings is 1. The second kappa shape index (κ2) is 6.36. The summed E-state index contributed by atoms with van der Waals surface area (Å²) in [4.78, 5) is 13.7. The average molecular weight is 279 g/mol. The number of rotatable bonds is 5. The molecule has 1 aromatic carbocycles. The van der Waals surface area contributed by atoms with Crippen LogP contribution >= 0.6 is 0 Å². The highest BCUT2D eigenvalue weighted by atomic mass is 16.6. The van der Waals surface area contributed by atoms with Crippen LogP contribution in [0.2, 0.25) is 0 Å². The Morgan fingerprint density at radius 3 is 2.55 bits per heavy atom. The molecule has 0 aliphatic carbocycles. The van der Waals surface area contributed by atoms with E-state index < -0.39 is 0 Å². The van der Waals surface area contributed by atoms with Crippen molar-refractivity contribution in [3.05, 3.63) is 12.1 Å². The van der Waals surface area contributed by atoms with Crippen molar-refractivity contribution in [2.75, 3.05) is 43.5 Å². The molecule has 1 aromatic rings. The number of nitrogen functional groups attached to an aromatic ring is 1. The number of nitrogens with two attached hydrogens (primary N) is 1. The van der Waals surface area contributed by atoms with Gasteiger partial charge in [0, 0.05) is 25.2 Å². The predicted molar refractivity (Wildman–Crippen MR) is 78.4 cm³/mol. The van der Waals surface area contributed by atoms with E-state index in [1.54, 1.807) is 6.07 Å². The van der Waals surface area contributed by atoms with Gasteiger partial charge in [-0.1, -0.05) is 0 Å². The highest BCUT2D eigenvalue weighted by molar-refractivity contribution is 5.84. The third-order valence-corrected chi connectivity index (χ3v) is 3.12. The third-order valence-electron chi connectivity index (χ3n) is 3.12. The number of ether oxygens (including phenoxy) is 2. The lowest BCUT2D eigenvalue weighted by Gasteiger charge is -2.26. The number of amides is 1. The molecule has 0 unspecified atom stereocenters. The first kappa shape index (κ1) is 14.3. The normalized spacial score (nSPS) is 12.9. The zero-order valence-electron chi connectivity index (χ0n) is 11.9. The van der Waals surface area contributed by atoms with E-state index in [4.69, 9.17) is 15.2 Å². The predicted octanol–water partition coefficient (Wildman–Crippen LogP) is 1.00. The molecule has 0 atom stereocenters. The van der Waals surface area contributed by atoms with Gasteiger partial charge in [-0.15, -0.1) is 0 Å². The second-order valence-corrected chi connectivity index (χ2v) is 4.52. The first-order valence-corrected chi connectivity index (χ1v) is 6.86. The number of carbonyl (C=O) groups excluding carboxylic acids is 1. The lowest BCUT2D eigenvalue weighted by molar-refractivity contribution is -0.119. The number of carbonyl (C=O) groups is 1. The number of likely N-dealkylation sites (N-methyl/N-ethyl adjacent to an activating group) is 2. The van der Waals surface area contributed by atoms with Crippen molar-refractivity contribution in [2.24, 2.45) is 0 Å². The van der Waals surface area contributed by atoms with E-state index >= 15 is 0 Å². The first-order valence-electron chi connectivity index (χ1n) is 6.86. The van der Waals surface area contributed by atoms with Crippen LogP contribution in [0.25, 0.3) is 0 Å². The number of nitrogens with one attached hydrogen (secondary N) is 1. The fraction of sp³-hybridized carbons (Fsp3) is 0.500. The van der Waals surface area contributed by atoms with Gasteiger partial charge in [0.05, 0.1) is 17.9 Å². The monoisotopic (exact) mass is 279 g/mol. The Morgan fingerprint density at radius 2 is 1.95 bits per heavy atom. The number of fused-ring (bicyclic) bond motifs is 1. The Hall–Kier alpha value is -2.11. The minimum absolute atomic E-state index is 0.0244. The van der Waals surface area contributed by atoms with Crippen molar-refractivity contribution in [3.8, 4) is 11.5 Å². The van der Waals surface area contributed by atoms with Gasteiger partial charge in [0.15, 0.2) is 11.5 Å². The largest absolute Gasteiger partial charge is 0.486 e. The molecular weight excluding hydrogens is 258 g/mol. The molecule has 1 aliphatic rings. The van der Waals surface area contributed by atoms with Gasteiger partial charge in [-0.25, -0.2) is 0 Å². The quantitative estimate of drug-likeness (QED) is 0.786. The van der Waals surface area contributed by atoms with Gasteiger partial charge in [0.2, 0.25) is 5.91 Å². The van der Waals surface area contributed by atoms with Gasteiger partial charge in [-0.3, -0.25) is 4.79 Å². The van der Waals surface area contributed by atoms with Gasteiger partial charge < -0.3 is 25.4 Å². The number of anilines is 2. The van der Waals surface area contributed by atoms with E-state index in [1.807, 2.05) is 24.8 Å². The average Bonchev–Trinajstić information content (AvgIpc) is 2.44. The first-order chi connectivity index (χ1) is 9.65. The number of hydrogen-bond donors (Lipinski definition) is 2. The molecule has 6 nitrogen and oxygen atoms in total. The Labute approximate surface area is 118 Å². The molecule has 0 spiro atoms. The third kappa shape index (κ3) is 3.07. The molecule has 110 valence electrons. The van der Waals surface area contributed by atoms with Gasteiger partial charge >= 0.3 is 0 Å². The highest BCUT2D eigenvalue weighted by Crippen LogP contribution is 2.38. The molecule has 0 bridgehead atoms. The van der Waals surface area contributed by atoms with E-state index in [1.165, 1.54) is 0 Å². The van der Waals surface area contributed by atoms with Gasteiger partial charge in [0.1, 0.15) is 13.2 Å². The Bertz CT molecular complexity index is 491. The molecule has 6 heteroatoms. The van der Waals surface area contributed by atoms with E-state index in [-0.39, 0.29) is 12.5 Å². The van der Waals surface area contributed by atoms with Crippen molar-refractivity contribution >= 4 is 17.3 Å². The molecule has 0 aromatic heterocycles. The Balaban J connectivity index is 2.22. The molecule has 1 aliphatic heterocycles. The zero-order valence-corrected chi connectivity index (χ0v) is 11.9. The maximum Gasteiger partial charge on any atom is 0.239 e. The fourth-order valence-corrected chi connectivity index (χ4v) is 2.16. The van der Waals surface area contributed by atoms with Crippen molar-refractivity contribution in [2.45, 2.75) is 13.8 Å². The van der Waals surface area contributed by atoms with Gasteiger partial charge in [-0.2, -0.15) is 0 Å². The topological polar surface area (TPSA) is 76.8 Å². The molecular formula is C14H21N3O3. The summed E-state index contributed by atoms with van der Waals surface area (Å²) in [6, 6.07) is 3.59. The van der Waals surface area contributed by atoms with Crippen LogP contribution in [0, 0.1) is 0 Å². The van der Waals surface area contributed by atoms with Crippen LogP contribution in [-0.4, -0.2) is 38.8 Å². The number of hydrogen-bond acceptors (Lipinski definition) is 5. The molecule has 1 heterocycles. The summed E-state index contributed by atoms with van der Waals surface area (Å²) >= 11 is 0. The Morgan fingerprint density at radius 1 is 1.30 bits per heavy atom. The summed E-state index contributed by atoms with van der Waals surface area (Å²) in [5.74, 6) is 1.31. The van der Waals surface area contributed by atoms with Crippen LogP contribution in [0.15, 0.2) is 12.1 Å². The molecule has 3 N–H and O–H groups in total. The minimum atomic E-state index is -0.0244. The van der Waals surface area contributed by atoms with Crippen LogP contribution in [0.4, 0.5) is 11.4 Å². The standard InChI is InChI=1S/C14H21N3O3/c1-3-16-14(18)9-17(4-2)11-8-13-12(7-10(11)15)19-5-6-20-13/h7-8H,3-6,9,15H2,1-2H3,(H,16,18). The van der Waals surface area contributed by atoms with Crippen molar-refractivity contribution in [1.29, 1.82) is 0 Å². The summed E-state index contributed by atoms with van der Waals surface area (Å²) in [5.41, 5.74) is 7.44. The molecule has 0 saturated heterocycles. The van der Waals surface area contributed by atoms with Crippen LogP contribution in [0.1, 0.15) is 13.8 Å². The van der Waals surface area contributed by atoms with E-state index in [2.05, 4.69) is 5.32 Å². The summed E-state index contributed by atoms with van der Waals surface area (Å²) in [5, 5.41) is 2.78. The Kier molecular flexibility index (Phi) is 4.55. The van der Waals surface area contributed by atoms with Crippen molar-refractivity contribution in [1.82, 2.24) is 5.32 Å². The lowest BCUT2D eigenvalue weighted by Crippen LogP contribution is -2.37. The van der Waals surface area contributed by atoms with E-state index in [9.17, 15) is 4.79 Å². The van der Waals surface area contributed by atoms with Gasteiger partial charge in [-0.05, 0) is 13.8 Å². The molecule has 0 saturated carbocycles. The fourth-order valence-electron chi connectivity index (χ4n) is 2.16. The summed E-state index contributed by atoms with van der Waals surface area (Å²) in [6.45, 7) is 6.51. The number of nitrogens with zero attached hydrogens (tertiary/aromatic N) is 1. The van der Waals surface area contributed by atoms with E-state index in [0.717, 1.165) is 5.69 Å². The molecule has 1 amide bonds. The molecule has 2 rings (SSSR count). The van der Waals surface area contributed by atoms with Crippen molar-refractivity contribution < 1.29 is 14.3 Å². The van der Waals surface area contributed by atoms with Crippen LogP contribution in [-0.2, 0) is 4.79 Å². The molecule has 0 fully saturated rings. The SMILES string of the molecule is CCNC(=O)CN(CC)c1cc2c(cc1N)OCCO2. The summed E-state index contributed by atoms with van der Waals surface area (Å²) < 4.78 is 11.0. The lowest BCUT2D eigenvalue weighted by atomic mass is 10.2. The second-order valence-electron chi connectivity index (χ2n) is 4.52. The maximum absolute atomic E-state index is 11.7. The molecule has 20 heavy (non-hydrogen) atoms. The maximum atomic E-state index is 11.7. The van der Waals surface area contributed by atoms with Gasteiger partial charge in [0.25, 0.3) is 0 Å². The molecule has 0 radical (unpaired) electrons. The smallest absolute Gasteiger partial charge is 0.239 e. The van der Waals surface area contributed by atoms with Crippen LogP contribution in [0.5, 0.6) is 11.5 Å². The zero-order chi connectivity index (χ0) is 14.5. The van der Waals surface area contributed by atoms with Crippen molar-refractivity contribution in [3.63, 3.8) is 0 Å². The van der Waals surface area contributed by atoms with Crippen LogP contribution < -0.4 is 25.4 Å².